The highest BCUT2D eigenvalue weighted by Crippen LogP contribution is 2.28. The fourth-order valence-electron chi connectivity index (χ4n) is 0.760. The van der Waals surface area contributed by atoms with Gasteiger partial charge in [-0.3, -0.25) is 0 Å². The van der Waals surface area contributed by atoms with Gasteiger partial charge in [-0.2, -0.15) is 0 Å². The first kappa shape index (κ1) is 7.72. The van der Waals surface area contributed by atoms with E-state index >= 15 is 0 Å². The monoisotopic (exact) mass is 154 g/mol. The molecule has 0 fully saturated rings. The molecule has 0 saturated carbocycles. The molecule has 0 spiro atoms. The second-order valence-corrected chi connectivity index (χ2v) is 2.08. The van der Waals surface area contributed by atoms with Gasteiger partial charge in [0, 0.05) is 6.07 Å². The van der Waals surface area contributed by atoms with Crippen LogP contribution in [0.3, 0.4) is 0 Å². The van der Waals surface area contributed by atoms with Gasteiger partial charge >= 0.3 is 0 Å². The van der Waals surface area contributed by atoms with Gasteiger partial charge in [-0.05, 0) is 19.1 Å². The molecule has 0 unspecified atom stereocenters. The van der Waals surface area contributed by atoms with Gasteiger partial charge < -0.3 is 14.9 Å². The Balaban J connectivity index is 2.86. The standard InChI is InChI=1S/C8H10O3/c1-2-11-6-3-4-7(9)8(10)5-6/h3-5,9-10H,2H2,1H3. The van der Waals surface area contributed by atoms with Crippen LogP contribution in [0.1, 0.15) is 6.92 Å². The highest BCUT2D eigenvalue weighted by Gasteiger charge is 1.99. The van der Waals surface area contributed by atoms with Gasteiger partial charge in [0.2, 0.25) is 0 Å². The minimum atomic E-state index is -0.157. The zero-order valence-corrected chi connectivity index (χ0v) is 6.24. The molecule has 0 amide bonds. The second-order valence-electron chi connectivity index (χ2n) is 2.08. The molecule has 0 aromatic heterocycles. The Morgan fingerprint density at radius 3 is 2.55 bits per heavy atom. The van der Waals surface area contributed by atoms with Crippen molar-refractivity contribution >= 4 is 0 Å². The van der Waals surface area contributed by atoms with E-state index in [0.717, 1.165) is 0 Å². The Kier molecular flexibility index (Phi) is 2.21. The number of benzene rings is 1. The summed E-state index contributed by atoms with van der Waals surface area (Å²) < 4.78 is 5.07. The molecule has 3 nitrogen and oxygen atoms in total. The van der Waals surface area contributed by atoms with Crippen molar-refractivity contribution in [1.29, 1.82) is 0 Å². The first-order chi connectivity index (χ1) is 5.24. The lowest BCUT2D eigenvalue weighted by Gasteiger charge is -2.03. The van der Waals surface area contributed by atoms with E-state index in [2.05, 4.69) is 0 Å². The number of phenols is 2. The minimum absolute atomic E-state index is 0.131. The molecule has 0 heterocycles. The fraction of sp³-hybridized carbons (Fsp3) is 0.250. The van der Waals surface area contributed by atoms with Gasteiger partial charge in [0.05, 0.1) is 6.61 Å². The van der Waals surface area contributed by atoms with Crippen LogP contribution < -0.4 is 4.74 Å². The van der Waals surface area contributed by atoms with Crippen LogP contribution in [0.15, 0.2) is 18.2 Å². The van der Waals surface area contributed by atoms with Crippen molar-refractivity contribution in [3.8, 4) is 17.2 Å². The normalized spacial score (nSPS) is 9.55. The van der Waals surface area contributed by atoms with Gasteiger partial charge in [-0.25, -0.2) is 0 Å². The molecule has 0 bridgehead atoms. The van der Waals surface area contributed by atoms with Gasteiger partial charge in [0.25, 0.3) is 0 Å². The molecule has 1 rings (SSSR count). The summed E-state index contributed by atoms with van der Waals surface area (Å²) in [4.78, 5) is 0. The first-order valence-corrected chi connectivity index (χ1v) is 3.39. The maximum Gasteiger partial charge on any atom is 0.161 e. The molecule has 2 N–H and O–H groups in total. The van der Waals surface area contributed by atoms with Crippen molar-refractivity contribution in [2.75, 3.05) is 6.61 Å². The third kappa shape index (κ3) is 1.77. The molecule has 0 aliphatic rings. The summed E-state index contributed by atoms with van der Waals surface area (Å²) in [6.07, 6.45) is 0. The quantitative estimate of drug-likeness (QED) is 0.634. The third-order valence-corrected chi connectivity index (χ3v) is 1.26. The zero-order chi connectivity index (χ0) is 8.27. The molecule has 0 radical (unpaired) electrons. The average Bonchev–Trinajstić information content (AvgIpc) is 1.98. The maximum atomic E-state index is 9.00. The Hall–Kier alpha value is -1.38. The van der Waals surface area contributed by atoms with E-state index < -0.39 is 0 Å². The first-order valence-electron chi connectivity index (χ1n) is 3.39. The lowest BCUT2D eigenvalue weighted by Crippen LogP contribution is -1.90. The van der Waals surface area contributed by atoms with Crippen LogP contribution in [0.25, 0.3) is 0 Å². The van der Waals surface area contributed by atoms with Gasteiger partial charge in [0.15, 0.2) is 11.5 Å². The summed E-state index contributed by atoms with van der Waals surface area (Å²) in [6.45, 7) is 2.40. The third-order valence-electron chi connectivity index (χ3n) is 1.26. The number of ether oxygens (including phenoxy) is 1. The summed E-state index contributed by atoms with van der Waals surface area (Å²) in [6, 6.07) is 4.36. The second kappa shape index (κ2) is 3.14. The molecular weight excluding hydrogens is 144 g/mol. The topological polar surface area (TPSA) is 49.7 Å². The van der Waals surface area contributed by atoms with Crippen LogP contribution in [-0.4, -0.2) is 16.8 Å². The average molecular weight is 154 g/mol. The van der Waals surface area contributed by atoms with Crippen LogP contribution in [0.4, 0.5) is 0 Å². The van der Waals surface area contributed by atoms with Gasteiger partial charge in [-0.15, -0.1) is 0 Å². The Bertz CT molecular complexity index is 245. The van der Waals surface area contributed by atoms with Crippen molar-refractivity contribution in [3.05, 3.63) is 18.2 Å². The molecule has 60 valence electrons. The number of hydrogen-bond acceptors (Lipinski definition) is 3. The molecule has 0 atom stereocenters. The van der Waals surface area contributed by atoms with Crippen LogP contribution in [0.2, 0.25) is 0 Å². The molecule has 0 aliphatic heterocycles. The van der Waals surface area contributed by atoms with Crippen LogP contribution in [0, 0.1) is 0 Å². The summed E-state index contributed by atoms with van der Waals surface area (Å²) in [5, 5.41) is 17.9. The van der Waals surface area contributed by atoms with Crippen molar-refractivity contribution < 1.29 is 14.9 Å². The molecule has 0 saturated heterocycles. The molecule has 11 heavy (non-hydrogen) atoms. The van der Waals surface area contributed by atoms with E-state index in [0.29, 0.717) is 12.4 Å². The summed E-state index contributed by atoms with van der Waals surface area (Å²) in [5.74, 6) is 0.271. The van der Waals surface area contributed by atoms with E-state index in [1.54, 1.807) is 6.07 Å². The largest absolute Gasteiger partial charge is 0.504 e. The zero-order valence-electron chi connectivity index (χ0n) is 6.24. The number of rotatable bonds is 2. The lowest BCUT2D eigenvalue weighted by molar-refractivity contribution is 0.334. The van der Waals surface area contributed by atoms with E-state index in [1.807, 2.05) is 6.92 Å². The number of hydrogen-bond donors (Lipinski definition) is 2. The molecule has 0 aliphatic carbocycles. The number of phenolic OH excluding ortho intramolecular Hbond substituents is 2. The highest BCUT2D eigenvalue weighted by atomic mass is 16.5. The van der Waals surface area contributed by atoms with Crippen molar-refractivity contribution in [2.45, 2.75) is 6.92 Å². The molecule has 1 aromatic rings. The van der Waals surface area contributed by atoms with E-state index in [4.69, 9.17) is 14.9 Å². The molecule has 1 aromatic carbocycles. The lowest BCUT2D eigenvalue weighted by atomic mass is 10.3. The number of aromatic hydroxyl groups is 2. The SMILES string of the molecule is CCOc1ccc(O)c(O)c1. The Morgan fingerprint density at radius 2 is 2.00 bits per heavy atom. The maximum absolute atomic E-state index is 9.00. The van der Waals surface area contributed by atoms with Gasteiger partial charge in [-0.1, -0.05) is 0 Å². The Morgan fingerprint density at radius 1 is 1.27 bits per heavy atom. The highest BCUT2D eigenvalue weighted by molar-refractivity contribution is 5.43. The van der Waals surface area contributed by atoms with Crippen LogP contribution >= 0.6 is 0 Å². The molecular formula is C8H10O3. The smallest absolute Gasteiger partial charge is 0.161 e. The summed E-state index contributed by atoms with van der Waals surface area (Å²) in [5.41, 5.74) is 0. The van der Waals surface area contributed by atoms with E-state index in [1.165, 1.54) is 12.1 Å². The van der Waals surface area contributed by atoms with Crippen LogP contribution in [0.5, 0.6) is 17.2 Å². The molecule has 3 heteroatoms. The predicted octanol–water partition coefficient (Wildman–Crippen LogP) is 1.50. The van der Waals surface area contributed by atoms with E-state index in [-0.39, 0.29) is 11.5 Å². The predicted molar refractivity (Wildman–Crippen MR) is 40.9 cm³/mol. The fourth-order valence-corrected chi connectivity index (χ4v) is 0.760. The summed E-state index contributed by atoms with van der Waals surface area (Å²) in [7, 11) is 0. The minimum Gasteiger partial charge on any atom is -0.504 e. The van der Waals surface area contributed by atoms with Crippen LogP contribution in [-0.2, 0) is 0 Å². The van der Waals surface area contributed by atoms with Crippen molar-refractivity contribution in [3.63, 3.8) is 0 Å². The van der Waals surface area contributed by atoms with Crippen molar-refractivity contribution in [2.24, 2.45) is 0 Å². The summed E-state index contributed by atoms with van der Waals surface area (Å²) >= 11 is 0. The van der Waals surface area contributed by atoms with Gasteiger partial charge in [0.1, 0.15) is 5.75 Å². The van der Waals surface area contributed by atoms with E-state index in [9.17, 15) is 0 Å². The van der Waals surface area contributed by atoms with Crippen molar-refractivity contribution in [1.82, 2.24) is 0 Å². The Labute approximate surface area is 64.9 Å².